The van der Waals surface area contributed by atoms with Gasteiger partial charge in [-0.05, 0) is 272 Å². The van der Waals surface area contributed by atoms with Crippen LogP contribution >= 0.6 is 92.8 Å². The maximum Gasteiger partial charge on any atom is 0.304 e. The molecule has 7 aliphatic heterocycles. The number of carbonyl (C=O) groups is 7. The average Bonchev–Trinajstić information content (AvgIpc) is 0.749. The second kappa shape index (κ2) is 54.5. The lowest BCUT2D eigenvalue weighted by Crippen LogP contribution is -3.35. The zero-order chi connectivity index (χ0) is 108. The third-order valence-corrected chi connectivity index (χ3v) is 33.7. The number of nitrogens with one attached hydrogen (secondary N) is 2. The van der Waals surface area contributed by atoms with Crippen molar-refractivity contribution < 1.29 is 58.7 Å². The second-order valence-electron chi connectivity index (χ2n) is 46.8. The van der Waals surface area contributed by atoms with Crippen molar-refractivity contribution in [1.29, 1.82) is 0 Å². The van der Waals surface area contributed by atoms with Gasteiger partial charge in [-0.1, -0.05) is 334 Å². The largest absolute Gasteiger partial charge is 0.550 e. The van der Waals surface area contributed by atoms with Gasteiger partial charge in [0.15, 0.2) is 0 Å². The van der Waals surface area contributed by atoms with Gasteiger partial charge in [0, 0.05) is 113 Å². The van der Waals surface area contributed by atoms with E-state index in [2.05, 4.69) is 153 Å². The van der Waals surface area contributed by atoms with Crippen LogP contribution in [0.4, 0.5) is 0 Å². The lowest BCUT2D eigenvalue weighted by Gasteiger charge is -2.53. The van der Waals surface area contributed by atoms with Crippen LogP contribution in [-0.2, 0) is 33.6 Å². The number of piperazine rings is 3. The molecule has 0 aliphatic carbocycles. The number of carboxylic acids is 3. The summed E-state index contributed by atoms with van der Waals surface area (Å²) in [5.74, 6) is -0.770. The van der Waals surface area contributed by atoms with Gasteiger partial charge in [-0.25, -0.2) is 0 Å². The predicted molar refractivity (Wildman–Crippen MR) is 600 cm³/mol. The highest BCUT2D eigenvalue weighted by Crippen LogP contribution is 2.59. The number of benzene rings is 8. The van der Waals surface area contributed by atoms with Gasteiger partial charge in [-0.2, -0.15) is 0 Å². The molecular weight excluding hydrogens is 2010 g/mol. The van der Waals surface area contributed by atoms with Crippen molar-refractivity contribution in [3.05, 3.63) is 291 Å². The molecule has 4 amide bonds. The summed E-state index contributed by atoms with van der Waals surface area (Å²) in [6.45, 7) is 55.0. The topological polar surface area (TPSA) is 208 Å². The van der Waals surface area contributed by atoms with Crippen LogP contribution in [0, 0.1) is 69.0 Å². The van der Waals surface area contributed by atoms with Crippen LogP contribution in [-0.4, -0.2) is 130 Å². The van der Waals surface area contributed by atoms with Gasteiger partial charge in [0.05, 0.1) is 52.2 Å². The van der Waals surface area contributed by atoms with Crippen LogP contribution < -0.4 is 20.0 Å². The Hall–Kier alpha value is -7.97. The van der Waals surface area contributed by atoms with E-state index in [-0.39, 0.29) is 133 Å². The molecule has 147 heavy (non-hydrogen) atoms. The third-order valence-electron chi connectivity index (χ3n) is 31.7. The number of nitrogens with zero attached hydrogens (tertiary/aromatic N) is 4. The maximum atomic E-state index is 14.3. The van der Waals surface area contributed by atoms with Crippen LogP contribution in [0.25, 0.3) is 0 Å². The number of hydrogen-bond acceptors (Lipinski definition) is 9. The van der Waals surface area contributed by atoms with Gasteiger partial charge < -0.3 is 54.3 Å². The summed E-state index contributed by atoms with van der Waals surface area (Å²) in [5.41, 5.74) is 4.56. The number of carbonyl (C=O) groups excluding carboxylic acids is 6. The van der Waals surface area contributed by atoms with E-state index >= 15 is 0 Å². The van der Waals surface area contributed by atoms with E-state index in [1.54, 1.807) is 13.8 Å². The lowest BCUT2D eigenvalue weighted by atomic mass is 9.66. The summed E-state index contributed by atoms with van der Waals surface area (Å²) in [7, 11) is 0. The average molecular weight is 2170 g/mol. The van der Waals surface area contributed by atoms with Crippen molar-refractivity contribution in [2.45, 2.75) is 313 Å². The summed E-state index contributed by atoms with van der Waals surface area (Å²) < 4.78 is 0. The molecule has 7 saturated heterocycles. The van der Waals surface area contributed by atoms with Crippen molar-refractivity contribution >= 4 is 134 Å². The summed E-state index contributed by atoms with van der Waals surface area (Å²) in [6.07, 6.45) is 11.2. The molecule has 4 unspecified atom stereocenters. The monoisotopic (exact) mass is 2160 g/mol. The number of halogens is 8. The Kier molecular flexibility index (Phi) is 44.8. The van der Waals surface area contributed by atoms with Crippen molar-refractivity contribution in [3.63, 3.8) is 0 Å². The summed E-state index contributed by atoms with van der Waals surface area (Å²) in [4.78, 5) is 105. The van der Waals surface area contributed by atoms with Crippen molar-refractivity contribution in [3.8, 4) is 0 Å². The predicted octanol–water partition coefficient (Wildman–Crippen LogP) is 27.2. The molecule has 0 aromatic heterocycles. The Morgan fingerprint density at radius 3 is 0.701 bits per heavy atom. The standard InChI is InChI=1S/C30H39Cl2NO.3C29H37Cl2NO3.C6H12N2/c1-7-17-30(6)19-26(23-9-8-10-25(32)18-23)28(22-12-14-24(31)15-13-22)33(29(30)34)27(21(4)5)16-11-20(2)3;3*1-18(2)9-14-25(19(3)4)32-27(20-10-12-22(30)13-11-20)24(21-7-6-8-23(31)15-21)16-29(5,28(32)35)17-26(33)34;1-2-8-5-3-7(1)4-6-8/h7-10,12-15,18,20-21,26-28H,1,11,16-17,19H2,2-6H3;3*6-8,10-13,15,18-19,24-25,27H,9,14,16-17H2,1-5H3,(H,33,34);1-6H2/t26-,27-,28?,30+;3*24-,25-,27?,29-;/m1111./s1. The van der Waals surface area contributed by atoms with Gasteiger partial charge in [-0.3, -0.25) is 24.0 Å². The highest BCUT2D eigenvalue weighted by molar-refractivity contribution is 6.32. The number of allylic oxidation sites excluding steroid dienone is 1. The highest BCUT2D eigenvalue weighted by Gasteiger charge is 2.58. The first kappa shape index (κ1) is 121. The second-order valence-corrected chi connectivity index (χ2v) is 50.3. The van der Waals surface area contributed by atoms with E-state index in [4.69, 9.17) is 92.8 Å². The molecule has 7 heterocycles. The molecule has 16 atom stereocenters. The van der Waals surface area contributed by atoms with Gasteiger partial charge in [0.25, 0.3) is 0 Å². The molecule has 8 aromatic carbocycles. The number of hydrogen-bond donors (Lipinski definition) is 3. The first-order valence-corrected chi connectivity index (χ1v) is 56.6. The quantitative estimate of drug-likeness (QED) is 0.0317. The molecule has 2 bridgehead atoms. The number of aliphatic carboxylic acids is 3. The number of fused-ring (bicyclic) bond motifs is 3. The molecule has 800 valence electrons. The van der Waals surface area contributed by atoms with E-state index in [0.29, 0.717) is 90.4 Å². The molecular formula is C123H162Cl8N6O10. The summed E-state index contributed by atoms with van der Waals surface area (Å²) in [5, 5.41) is 38.6. The maximum absolute atomic E-state index is 14.3. The van der Waals surface area contributed by atoms with Crippen molar-refractivity contribution in [1.82, 2.24) is 19.6 Å². The summed E-state index contributed by atoms with van der Waals surface area (Å²) >= 11 is 50.6. The fourth-order valence-electron chi connectivity index (χ4n) is 24.0. The van der Waals surface area contributed by atoms with Crippen molar-refractivity contribution in [2.75, 3.05) is 39.3 Å². The molecule has 15 rings (SSSR count). The van der Waals surface area contributed by atoms with E-state index in [0.717, 1.165) is 102 Å². The minimum Gasteiger partial charge on any atom is -0.550 e. The number of carboxylic acid groups (broad SMARTS) is 3. The smallest absolute Gasteiger partial charge is 0.304 e. The van der Waals surface area contributed by atoms with Gasteiger partial charge >= 0.3 is 5.97 Å². The number of piperidine rings is 4. The summed E-state index contributed by atoms with van der Waals surface area (Å²) in [6, 6.07) is 61.5. The Morgan fingerprint density at radius 2 is 0.524 bits per heavy atom. The first-order chi connectivity index (χ1) is 69.3. The van der Waals surface area contributed by atoms with E-state index in [1.165, 1.54) is 44.8 Å². The SMILES string of the molecule is C1C[NH+]2CC[NH+]1CC2.C=CC[C@@]1(C)C[C@H](c2cccc(Cl)c2)C(c2ccc(Cl)cc2)N([C@H](CCC(C)C)C(C)C)C1=O.CC(C)CC[C@H](C(C)C)N1C(=O)[C@@](C)(CC(=O)O)C[C@H](c2cccc(Cl)c2)C1c1ccc(Cl)cc1.CC(C)CC[C@H](C(C)C)N1C(=O)[C@@](C)(CC(=O)[O-])C[C@H](c2cccc(Cl)c2)C1c1ccc(Cl)cc1.CC(C)CC[C@H](C(C)C)N1C(=O)[C@@](C)(CC(=O)[O-])C[C@H](c2cccc(Cl)c2)C1c1ccc(Cl)cc1. The minimum atomic E-state index is -1.21. The Labute approximate surface area is 918 Å². The molecule has 0 spiro atoms. The number of rotatable bonds is 36. The van der Waals surface area contributed by atoms with E-state index in [9.17, 15) is 48.9 Å². The van der Waals surface area contributed by atoms with E-state index < -0.39 is 39.6 Å². The normalized spacial score (nSPS) is 24.9. The first-order valence-electron chi connectivity index (χ1n) is 53.5. The van der Waals surface area contributed by atoms with Crippen LogP contribution in [0.5, 0.6) is 0 Å². The van der Waals surface area contributed by atoms with Crippen LogP contribution in [0.2, 0.25) is 40.2 Å². The Balaban J connectivity index is 0.000000195. The van der Waals surface area contributed by atoms with Crippen LogP contribution in [0.15, 0.2) is 207 Å². The van der Waals surface area contributed by atoms with Crippen molar-refractivity contribution in [2.24, 2.45) is 69.0 Å². The molecule has 3 N–H and O–H groups in total. The molecule has 7 fully saturated rings. The van der Waals surface area contributed by atoms with Gasteiger partial charge in [0.2, 0.25) is 23.6 Å². The molecule has 0 radical (unpaired) electrons. The molecule has 8 aromatic rings. The fraction of sp³-hybridized carbons (Fsp3) is 0.537. The van der Waals surface area contributed by atoms with Crippen LogP contribution in [0.1, 0.15) is 334 Å². The fourth-order valence-corrected chi connectivity index (χ4v) is 25.3. The van der Waals surface area contributed by atoms with E-state index in [1.807, 2.05) is 207 Å². The number of quaternary nitrogens is 2. The van der Waals surface area contributed by atoms with Crippen LogP contribution in [0.3, 0.4) is 0 Å². The molecule has 7 aliphatic rings. The minimum absolute atomic E-state index is 0.0271. The Morgan fingerprint density at radius 1 is 0.320 bits per heavy atom. The molecule has 16 nitrogen and oxygen atoms in total. The van der Waals surface area contributed by atoms with Gasteiger partial charge in [0.1, 0.15) is 39.3 Å². The molecule has 24 heteroatoms. The third kappa shape index (κ3) is 32.1. The lowest BCUT2D eigenvalue weighted by molar-refractivity contribution is -1.06. The number of likely N-dealkylation sites (tertiary alicyclic amines) is 4. The number of amides is 4. The Bertz CT molecular complexity index is 5240. The zero-order valence-corrected chi connectivity index (χ0v) is 96.3. The highest BCUT2D eigenvalue weighted by atomic mass is 35.5. The molecule has 0 saturated carbocycles. The zero-order valence-electron chi connectivity index (χ0n) is 90.3. The van der Waals surface area contributed by atoms with Gasteiger partial charge in [-0.15, -0.1) is 6.58 Å².